The summed E-state index contributed by atoms with van der Waals surface area (Å²) in [5.41, 5.74) is 0.522. The molecule has 0 radical (unpaired) electrons. The number of amides is 1. The zero-order chi connectivity index (χ0) is 14.4. The Hall–Kier alpha value is -1.55. The van der Waals surface area contributed by atoms with E-state index in [9.17, 15) is 9.59 Å². The van der Waals surface area contributed by atoms with Gasteiger partial charge in [0.25, 0.3) is 0 Å². The summed E-state index contributed by atoms with van der Waals surface area (Å²) in [6.07, 6.45) is 0. The molecule has 1 aromatic carbocycles. The summed E-state index contributed by atoms with van der Waals surface area (Å²) in [6.45, 7) is 5.21. The van der Waals surface area contributed by atoms with Crippen molar-refractivity contribution in [2.75, 3.05) is 7.11 Å². The number of ketones is 1. The third-order valence-electron chi connectivity index (χ3n) is 3.40. The first-order valence-corrected chi connectivity index (χ1v) is 6.36. The van der Waals surface area contributed by atoms with Crippen LogP contribution in [0, 0.1) is 6.92 Å². The maximum atomic E-state index is 12.4. The highest BCUT2D eigenvalue weighted by Crippen LogP contribution is 2.38. The van der Waals surface area contributed by atoms with E-state index >= 15 is 0 Å². The molecule has 0 aliphatic carbocycles. The molecule has 1 saturated heterocycles. The Morgan fingerprint density at radius 2 is 1.95 bits per heavy atom. The molecule has 0 spiro atoms. The molecule has 1 aromatic rings. The predicted molar refractivity (Wildman–Crippen MR) is 72.7 cm³/mol. The number of benzene rings is 1. The lowest BCUT2D eigenvalue weighted by Crippen LogP contribution is -2.39. The third kappa shape index (κ3) is 2.21. The van der Waals surface area contributed by atoms with Gasteiger partial charge in [-0.3, -0.25) is 9.59 Å². The van der Waals surface area contributed by atoms with Crippen molar-refractivity contribution in [1.29, 1.82) is 0 Å². The number of methoxy groups -OCH3 is 1. The number of aryl methyl sites for hydroxylation is 1. The smallest absolute Gasteiger partial charge is 0.236 e. The van der Waals surface area contributed by atoms with Gasteiger partial charge < -0.3 is 10.1 Å². The van der Waals surface area contributed by atoms with E-state index in [2.05, 4.69) is 5.32 Å². The first-order valence-electron chi connectivity index (χ1n) is 5.98. The molecule has 4 nitrogen and oxygen atoms in total. The summed E-state index contributed by atoms with van der Waals surface area (Å²) >= 11 is 5.97. The van der Waals surface area contributed by atoms with Crippen LogP contribution < -0.4 is 10.1 Å². The van der Waals surface area contributed by atoms with Crippen LogP contribution in [0.15, 0.2) is 12.1 Å². The van der Waals surface area contributed by atoms with Crippen molar-refractivity contribution in [3.8, 4) is 5.75 Å². The second-order valence-corrected chi connectivity index (χ2v) is 5.69. The van der Waals surface area contributed by atoms with Crippen molar-refractivity contribution < 1.29 is 14.3 Å². The molecule has 1 aliphatic rings. The average Bonchev–Trinajstić information content (AvgIpc) is 2.49. The maximum absolute atomic E-state index is 12.4. The molecule has 1 atom stereocenters. The van der Waals surface area contributed by atoms with Gasteiger partial charge in [-0.25, -0.2) is 0 Å². The first kappa shape index (κ1) is 13.9. The van der Waals surface area contributed by atoms with Crippen molar-refractivity contribution in [2.45, 2.75) is 32.2 Å². The van der Waals surface area contributed by atoms with E-state index in [1.807, 2.05) is 6.92 Å². The molecule has 19 heavy (non-hydrogen) atoms. The Labute approximate surface area is 117 Å². The van der Waals surface area contributed by atoms with Gasteiger partial charge in [-0.2, -0.15) is 0 Å². The molecule has 1 amide bonds. The molecule has 0 aromatic heterocycles. The van der Waals surface area contributed by atoms with Gasteiger partial charge in [0, 0.05) is 10.6 Å². The summed E-state index contributed by atoms with van der Waals surface area (Å²) in [5.74, 6) is -0.807. The van der Waals surface area contributed by atoms with Crippen LogP contribution in [0.1, 0.15) is 30.9 Å². The first-order chi connectivity index (χ1) is 8.77. The minimum Gasteiger partial charge on any atom is -0.496 e. The Kier molecular flexibility index (Phi) is 3.31. The van der Waals surface area contributed by atoms with E-state index in [1.165, 1.54) is 7.11 Å². The molecule has 5 heteroatoms. The number of nitrogens with one attached hydrogen (secondary N) is 1. The minimum atomic E-state index is -0.848. The second-order valence-electron chi connectivity index (χ2n) is 5.25. The number of carbonyl (C=O) groups excluding carboxylic acids is 2. The summed E-state index contributed by atoms with van der Waals surface area (Å²) in [6, 6.07) is 3.35. The van der Waals surface area contributed by atoms with Crippen LogP contribution in [0.5, 0.6) is 5.75 Å². The number of Topliss-reactive ketones (excluding diaryl/α,β-unsaturated/α-hetero) is 1. The Bertz CT molecular complexity index is 566. The SMILES string of the molecule is COc1cc(Cl)cc(C)c1C1C(=O)NC(C)(C)C1=O. The average molecular weight is 282 g/mol. The normalized spacial score (nSPS) is 21.4. The van der Waals surface area contributed by atoms with E-state index in [0.29, 0.717) is 16.3 Å². The van der Waals surface area contributed by atoms with Gasteiger partial charge >= 0.3 is 0 Å². The third-order valence-corrected chi connectivity index (χ3v) is 3.62. The topological polar surface area (TPSA) is 55.4 Å². The molecule has 1 N–H and O–H groups in total. The summed E-state index contributed by atoms with van der Waals surface area (Å²) < 4.78 is 5.27. The van der Waals surface area contributed by atoms with Gasteiger partial charge in [-0.15, -0.1) is 0 Å². The lowest BCUT2D eigenvalue weighted by Gasteiger charge is -2.17. The highest BCUT2D eigenvalue weighted by molar-refractivity contribution is 6.31. The molecule has 1 heterocycles. The van der Waals surface area contributed by atoms with Crippen molar-refractivity contribution in [3.63, 3.8) is 0 Å². The zero-order valence-corrected chi connectivity index (χ0v) is 12.1. The van der Waals surface area contributed by atoms with Gasteiger partial charge in [-0.05, 0) is 38.5 Å². The minimum absolute atomic E-state index is 0.152. The van der Waals surface area contributed by atoms with Gasteiger partial charge in [-0.1, -0.05) is 11.6 Å². The van der Waals surface area contributed by atoms with Crippen LogP contribution in [-0.4, -0.2) is 24.3 Å². The number of carbonyl (C=O) groups is 2. The number of hydrogen-bond acceptors (Lipinski definition) is 3. The quantitative estimate of drug-likeness (QED) is 0.846. The maximum Gasteiger partial charge on any atom is 0.236 e. The number of hydrogen-bond donors (Lipinski definition) is 1. The van der Waals surface area contributed by atoms with Gasteiger partial charge in [0.2, 0.25) is 5.91 Å². The van der Waals surface area contributed by atoms with Gasteiger partial charge in [0.15, 0.2) is 5.78 Å². The van der Waals surface area contributed by atoms with Gasteiger partial charge in [0.1, 0.15) is 11.7 Å². The number of halogens is 1. The van der Waals surface area contributed by atoms with Crippen LogP contribution in [0.3, 0.4) is 0 Å². The van der Waals surface area contributed by atoms with Crippen LogP contribution >= 0.6 is 11.6 Å². The zero-order valence-electron chi connectivity index (χ0n) is 11.3. The standard InChI is InChI=1S/C14H16ClNO3/c1-7-5-8(15)6-9(19-4)10(7)11-12(17)14(2,3)16-13(11)18/h5-6,11H,1-4H3,(H,16,18). The van der Waals surface area contributed by atoms with E-state index in [-0.39, 0.29) is 11.7 Å². The molecule has 1 unspecified atom stereocenters. The van der Waals surface area contributed by atoms with Gasteiger partial charge in [0.05, 0.1) is 12.6 Å². The summed E-state index contributed by atoms with van der Waals surface area (Å²) in [5, 5.41) is 3.22. The number of ether oxygens (including phenoxy) is 1. The molecule has 0 bridgehead atoms. The van der Waals surface area contributed by atoms with Crippen LogP contribution in [0.4, 0.5) is 0 Å². The molecule has 102 valence electrons. The largest absolute Gasteiger partial charge is 0.496 e. The van der Waals surface area contributed by atoms with E-state index in [4.69, 9.17) is 16.3 Å². The Morgan fingerprint density at radius 3 is 2.42 bits per heavy atom. The van der Waals surface area contributed by atoms with Crippen LogP contribution in [-0.2, 0) is 9.59 Å². The lowest BCUT2D eigenvalue weighted by molar-refractivity contribution is -0.125. The van der Waals surface area contributed by atoms with Crippen molar-refractivity contribution in [1.82, 2.24) is 5.32 Å². The number of rotatable bonds is 2. The highest BCUT2D eigenvalue weighted by Gasteiger charge is 2.48. The van der Waals surface area contributed by atoms with Crippen molar-refractivity contribution in [3.05, 3.63) is 28.3 Å². The lowest BCUT2D eigenvalue weighted by atomic mass is 9.86. The van der Waals surface area contributed by atoms with Crippen molar-refractivity contribution >= 4 is 23.3 Å². The fourth-order valence-corrected chi connectivity index (χ4v) is 2.71. The summed E-state index contributed by atoms with van der Waals surface area (Å²) in [7, 11) is 1.50. The Balaban J connectivity index is 2.60. The van der Waals surface area contributed by atoms with E-state index in [1.54, 1.807) is 26.0 Å². The monoisotopic (exact) mass is 281 g/mol. The fraction of sp³-hybridized carbons (Fsp3) is 0.429. The molecule has 1 fully saturated rings. The van der Waals surface area contributed by atoms with Crippen LogP contribution in [0.25, 0.3) is 0 Å². The molecular formula is C14H16ClNO3. The van der Waals surface area contributed by atoms with E-state index in [0.717, 1.165) is 5.56 Å². The second kappa shape index (κ2) is 4.53. The van der Waals surface area contributed by atoms with Crippen LogP contribution in [0.2, 0.25) is 5.02 Å². The van der Waals surface area contributed by atoms with E-state index < -0.39 is 11.5 Å². The molecular weight excluding hydrogens is 266 g/mol. The Morgan fingerprint density at radius 1 is 1.32 bits per heavy atom. The highest BCUT2D eigenvalue weighted by atomic mass is 35.5. The predicted octanol–water partition coefficient (Wildman–Crippen LogP) is 2.22. The summed E-state index contributed by atoms with van der Waals surface area (Å²) in [4.78, 5) is 24.5. The molecule has 1 aliphatic heterocycles. The fourth-order valence-electron chi connectivity index (χ4n) is 2.45. The molecule has 0 saturated carbocycles. The van der Waals surface area contributed by atoms with Crippen molar-refractivity contribution in [2.24, 2.45) is 0 Å². The molecule has 2 rings (SSSR count).